The Bertz CT molecular complexity index is 359. The highest BCUT2D eigenvalue weighted by Crippen LogP contribution is 2.12. The molecule has 4 nitrogen and oxygen atoms in total. The summed E-state index contributed by atoms with van der Waals surface area (Å²) in [6.07, 6.45) is 0. The van der Waals surface area contributed by atoms with Gasteiger partial charge in [0.1, 0.15) is 5.75 Å². The number of carboxylic acid groups (broad SMARTS) is 1. The second-order valence-corrected chi connectivity index (χ2v) is 4.62. The van der Waals surface area contributed by atoms with Gasteiger partial charge in [-0.25, -0.2) is 0 Å². The highest BCUT2D eigenvalue weighted by atomic mass is 16.4. The standard InChI is InChI=1S/C13H19NO3/c1-10(2)7-14(9-13(16)17)8-11-3-5-12(15)6-4-11/h3-6,10,15H,7-9H2,1-2H3,(H,16,17). The smallest absolute Gasteiger partial charge is 0.317 e. The molecule has 2 N–H and O–H groups in total. The lowest BCUT2D eigenvalue weighted by Crippen LogP contribution is -2.32. The Kier molecular flexibility index (Phi) is 4.97. The van der Waals surface area contributed by atoms with Crippen molar-refractivity contribution in [2.24, 2.45) is 5.92 Å². The van der Waals surface area contributed by atoms with Crippen molar-refractivity contribution in [1.29, 1.82) is 0 Å². The van der Waals surface area contributed by atoms with E-state index >= 15 is 0 Å². The van der Waals surface area contributed by atoms with E-state index in [1.165, 1.54) is 0 Å². The van der Waals surface area contributed by atoms with Crippen LogP contribution in [0, 0.1) is 5.92 Å². The van der Waals surface area contributed by atoms with Crippen molar-refractivity contribution in [3.05, 3.63) is 29.8 Å². The summed E-state index contributed by atoms with van der Waals surface area (Å²) in [5.74, 6) is -0.168. The van der Waals surface area contributed by atoms with Crippen LogP contribution in [0.15, 0.2) is 24.3 Å². The summed E-state index contributed by atoms with van der Waals surface area (Å²) in [5.41, 5.74) is 1.00. The van der Waals surface area contributed by atoms with Gasteiger partial charge < -0.3 is 10.2 Å². The van der Waals surface area contributed by atoms with Crippen molar-refractivity contribution in [1.82, 2.24) is 4.90 Å². The van der Waals surface area contributed by atoms with Gasteiger partial charge in [0.05, 0.1) is 6.54 Å². The molecule has 0 bridgehead atoms. The molecular formula is C13H19NO3. The van der Waals surface area contributed by atoms with Crippen LogP contribution in [0.1, 0.15) is 19.4 Å². The molecule has 0 unspecified atom stereocenters. The Morgan fingerprint density at radius 3 is 2.35 bits per heavy atom. The van der Waals surface area contributed by atoms with E-state index in [-0.39, 0.29) is 12.3 Å². The van der Waals surface area contributed by atoms with E-state index in [1.54, 1.807) is 12.1 Å². The third kappa shape index (κ3) is 5.36. The Labute approximate surface area is 101 Å². The van der Waals surface area contributed by atoms with E-state index in [4.69, 9.17) is 5.11 Å². The number of hydrogen-bond donors (Lipinski definition) is 2. The third-order valence-corrected chi connectivity index (χ3v) is 2.32. The molecule has 0 amide bonds. The summed E-state index contributed by atoms with van der Waals surface area (Å²) in [6, 6.07) is 6.85. The SMILES string of the molecule is CC(C)CN(CC(=O)O)Cc1ccc(O)cc1. The van der Waals surface area contributed by atoms with Gasteiger partial charge in [-0.1, -0.05) is 26.0 Å². The molecule has 0 aliphatic carbocycles. The van der Waals surface area contributed by atoms with Crippen molar-refractivity contribution < 1.29 is 15.0 Å². The van der Waals surface area contributed by atoms with Crippen LogP contribution in [0.5, 0.6) is 5.75 Å². The number of carbonyl (C=O) groups is 1. The summed E-state index contributed by atoms with van der Waals surface area (Å²) in [4.78, 5) is 12.6. The van der Waals surface area contributed by atoms with Crippen LogP contribution in [0.4, 0.5) is 0 Å². The van der Waals surface area contributed by atoms with Gasteiger partial charge in [0.25, 0.3) is 0 Å². The fourth-order valence-electron chi connectivity index (χ4n) is 1.75. The predicted octanol–water partition coefficient (Wildman–Crippen LogP) is 1.93. The largest absolute Gasteiger partial charge is 0.508 e. The molecule has 0 saturated carbocycles. The van der Waals surface area contributed by atoms with Gasteiger partial charge in [-0.05, 0) is 23.6 Å². The van der Waals surface area contributed by atoms with E-state index in [9.17, 15) is 9.90 Å². The topological polar surface area (TPSA) is 60.8 Å². The number of nitrogens with zero attached hydrogens (tertiary/aromatic N) is 1. The van der Waals surface area contributed by atoms with Crippen LogP contribution >= 0.6 is 0 Å². The van der Waals surface area contributed by atoms with Gasteiger partial charge in [-0.2, -0.15) is 0 Å². The van der Waals surface area contributed by atoms with Crippen molar-refractivity contribution in [3.8, 4) is 5.75 Å². The number of rotatable bonds is 6. The number of hydrogen-bond acceptors (Lipinski definition) is 3. The number of aliphatic carboxylic acids is 1. The van der Waals surface area contributed by atoms with Crippen LogP contribution in [0.2, 0.25) is 0 Å². The monoisotopic (exact) mass is 237 g/mol. The lowest BCUT2D eigenvalue weighted by molar-refractivity contribution is -0.138. The molecule has 1 rings (SSSR count). The number of aromatic hydroxyl groups is 1. The lowest BCUT2D eigenvalue weighted by atomic mass is 10.1. The first-order valence-corrected chi connectivity index (χ1v) is 5.69. The molecule has 0 atom stereocenters. The van der Waals surface area contributed by atoms with Gasteiger partial charge in [0.15, 0.2) is 0 Å². The number of carboxylic acids is 1. The van der Waals surface area contributed by atoms with Crippen molar-refractivity contribution in [3.63, 3.8) is 0 Å². The van der Waals surface area contributed by atoms with Crippen molar-refractivity contribution >= 4 is 5.97 Å². The highest BCUT2D eigenvalue weighted by Gasteiger charge is 2.11. The predicted molar refractivity (Wildman–Crippen MR) is 65.9 cm³/mol. The molecule has 1 aromatic rings. The molecule has 4 heteroatoms. The van der Waals surface area contributed by atoms with Crippen molar-refractivity contribution in [2.75, 3.05) is 13.1 Å². The molecule has 0 heterocycles. The summed E-state index contributed by atoms with van der Waals surface area (Å²) in [6.45, 7) is 5.49. The maximum Gasteiger partial charge on any atom is 0.317 e. The van der Waals surface area contributed by atoms with Crippen LogP contribution in [-0.2, 0) is 11.3 Å². The first kappa shape index (κ1) is 13.5. The normalized spacial score (nSPS) is 11.1. The average molecular weight is 237 g/mol. The molecule has 0 radical (unpaired) electrons. The fraction of sp³-hybridized carbons (Fsp3) is 0.462. The minimum atomic E-state index is -0.815. The van der Waals surface area contributed by atoms with Crippen LogP contribution in [0.3, 0.4) is 0 Å². The summed E-state index contributed by atoms with van der Waals surface area (Å²) in [7, 11) is 0. The van der Waals surface area contributed by atoms with E-state index in [1.807, 2.05) is 17.0 Å². The molecular weight excluding hydrogens is 218 g/mol. The minimum absolute atomic E-state index is 0.0407. The summed E-state index contributed by atoms with van der Waals surface area (Å²) < 4.78 is 0. The molecule has 0 spiro atoms. The minimum Gasteiger partial charge on any atom is -0.508 e. The fourth-order valence-corrected chi connectivity index (χ4v) is 1.75. The van der Waals surface area contributed by atoms with Crippen LogP contribution < -0.4 is 0 Å². The number of phenolic OH excluding ortho intramolecular Hbond substituents is 1. The quantitative estimate of drug-likeness (QED) is 0.793. The lowest BCUT2D eigenvalue weighted by Gasteiger charge is -2.22. The van der Waals surface area contributed by atoms with Crippen LogP contribution in [0.25, 0.3) is 0 Å². The molecule has 1 aromatic carbocycles. The Hall–Kier alpha value is -1.55. The zero-order valence-electron chi connectivity index (χ0n) is 10.3. The Morgan fingerprint density at radius 1 is 1.29 bits per heavy atom. The van der Waals surface area contributed by atoms with E-state index < -0.39 is 5.97 Å². The summed E-state index contributed by atoms with van der Waals surface area (Å²) in [5, 5.41) is 18.0. The Morgan fingerprint density at radius 2 is 1.88 bits per heavy atom. The van der Waals surface area contributed by atoms with Gasteiger partial charge in [-0.15, -0.1) is 0 Å². The maximum absolute atomic E-state index is 10.8. The zero-order valence-corrected chi connectivity index (χ0v) is 10.3. The van der Waals surface area contributed by atoms with Crippen LogP contribution in [-0.4, -0.2) is 34.2 Å². The zero-order chi connectivity index (χ0) is 12.8. The molecule has 0 fully saturated rings. The van der Waals surface area contributed by atoms with E-state index in [0.717, 1.165) is 12.1 Å². The average Bonchev–Trinajstić information content (AvgIpc) is 2.19. The van der Waals surface area contributed by atoms with Gasteiger partial charge >= 0.3 is 5.97 Å². The van der Waals surface area contributed by atoms with Crippen molar-refractivity contribution in [2.45, 2.75) is 20.4 Å². The van der Waals surface area contributed by atoms with E-state index in [0.29, 0.717) is 12.5 Å². The second-order valence-electron chi connectivity index (χ2n) is 4.62. The second kappa shape index (κ2) is 6.25. The third-order valence-electron chi connectivity index (χ3n) is 2.32. The van der Waals surface area contributed by atoms with Gasteiger partial charge in [0, 0.05) is 13.1 Å². The first-order chi connectivity index (χ1) is 7.97. The number of benzene rings is 1. The molecule has 94 valence electrons. The molecule has 17 heavy (non-hydrogen) atoms. The number of phenols is 1. The molecule has 0 aliphatic rings. The van der Waals surface area contributed by atoms with Gasteiger partial charge in [0.2, 0.25) is 0 Å². The highest BCUT2D eigenvalue weighted by molar-refractivity contribution is 5.69. The molecule has 0 saturated heterocycles. The first-order valence-electron chi connectivity index (χ1n) is 5.69. The molecule has 0 aromatic heterocycles. The molecule has 0 aliphatic heterocycles. The Balaban J connectivity index is 2.64. The maximum atomic E-state index is 10.8. The van der Waals surface area contributed by atoms with E-state index in [2.05, 4.69) is 13.8 Å². The van der Waals surface area contributed by atoms with Gasteiger partial charge in [-0.3, -0.25) is 9.69 Å². The summed E-state index contributed by atoms with van der Waals surface area (Å²) >= 11 is 0.